The van der Waals surface area contributed by atoms with E-state index >= 15 is 0 Å². The maximum Gasteiger partial charge on any atom is 0.307 e. The summed E-state index contributed by atoms with van der Waals surface area (Å²) in [7, 11) is 0. The zero-order valence-corrected chi connectivity index (χ0v) is 16.7. The van der Waals surface area contributed by atoms with Crippen molar-refractivity contribution < 1.29 is 34.0 Å². The van der Waals surface area contributed by atoms with Gasteiger partial charge in [-0.3, -0.25) is 9.59 Å². The monoisotopic (exact) mass is 403 g/mol. The second kappa shape index (κ2) is 10.2. The molecule has 0 radical (unpaired) electrons. The number of amides is 1. The number of aliphatic carboxylic acids is 1. The standard InChI is InChI=1S/C21H25NO7/c1-4-27-17-11-14(12-18(28-5-2)20(17)29-6-3)21(26)22-15-9-13(10-19(24)25)7-8-16(15)23/h7-9,11-12,23H,4-6,10H2,1-3H3,(H,22,26)(H,24,25). The Morgan fingerprint density at radius 2 is 1.52 bits per heavy atom. The van der Waals surface area contributed by atoms with Gasteiger partial charge in [-0.05, 0) is 50.6 Å². The van der Waals surface area contributed by atoms with E-state index < -0.39 is 11.9 Å². The molecule has 0 saturated carbocycles. The summed E-state index contributed by atoms with van der Waals surface area (Å²) in [4.78, 5) is 23.7. The van der Waals surface area contributed by atoms with Crippen molar-refractivity contribution in [3.05, 3.63) is 41.5 Å². The van der Waals surface area contributed by atoms with Crippen molar-refractivity contribution in [3.63, 3.8) is 0 Å². The van der Waals surface area contributed by atoms with Crippen molar-refractivity contribution >= 4 is 17.6 Å². The number of nitrogens with one attached hydrogen (secondary N) is 1. The second-order valence-corrected chi connectivity index (χ2v) is 5.98. The summed E-state index contributed by atoms with van der Waals surface area (Å²) in [6.45, 7) is 6.60. The first-order valence-electron chi connectivity index (χ1n) is 9.31. The van der Waals surface area contributed by atoms with E-state index in [4.69, 9.17) is 19.3 Å². The molecule has 2 aromatic carbocycles. The van der Waals surface area contributed by atoms with Crippen molar-refractivity contribution in [2.75, 3.05) is 25.1 Å². The number of aromatic hydroxyl groups is 1. The van der Waals surface area contributed by atoms with Gasteiger partial charge in [0.2, 0.25) is 5.75 Å². The van der Waals surface area contributed by atoms with Crippen molar-refractivity contribution in [2.24, 2.45) is 0 Å². The third-order valence-electron chi connectivity index (χ3n) is 3.84. The van der Waals surface area contributed by atoms with Crippen LogP contribution in [-0.2, 0) is 11.2 Å². The lowest BCUT2D eigenvalue weighted by Gasteiger charge is -2.17. The van der Waals surface area contributed by atoms with Crippen LogP contribution >= 0.6 is 0 Å². The average Bonchev–Trinajstić information content (AvgIpc) is 2.66. The molecule has 0 aliphatic carbocycles. The maximum atomic E-state index is 12.8. The van der Waals surface area contributed by atoms with Gasteiger partial charge in [-0.1, -0.05) is 6.07 Å². The molecule has 156 valence electrons. The zero-order chi connectivity index (χ0) is 21.4. The highest BCUT2D eigenvalue weighted by Crippen LogP contribution is 2.39. The van der Waals surface area contributed by atoms with Crippen molar-refractivity contribution in [1.82, 2.24) is 0 Å². The van der Waals surface area contributed by atoms with E-state index in [0.29, 0.717) is 42.6 Å². The maximum absolute atomic E-state index is 12.8. The molecule has 0 heterocycles. The van der Waals surface area contributed by atoms with Crippen LogP contribution in [0, 0.1) is 0 Å². The van der Waals surface area contributed by atoms with Crippen LogP contribution in [0.5, 0.6) is 23.0 Å². The van der Waals surface area contributed by atoms with Gasteiger partial charge in [-0.2, -0.15) is 0 Å². The topological polar surface area (TPSA) is 114 Å². The molecule has 0 aromatic heterocycles. The SMILES string of the molecule is CCOc1cc(C(=O)Nc2cc(CC(=O)O)ccc2O)cc(OCC)c1OCC. The van der Waals surface area contributed by atoms with Gasteiger partial charge in [0.15, 0.2) is 11.5 Å². The molecular weight excluding hydrogens is 378 g/mol. The van der Waals surface area contributed by atoms with E-state index in [2.05, 4.69) is 5.32 Å². The fourth-order valence-electron chi connectivity index (χ4n) is 2.68. The number of anilines is 1. The summed E-state index contributed by atoms with van der Waals surface area (Å²) in [5.74, 6) is -0.545. The summed E-state index contributed by atoms with van der Waals surface area (Å²) >= 11 is 0. The van der Waals surface area contributed by atoms with Gasteiger partial charge >= 0.3 is 5.97 Å². The molecule has 0 atom stereocenters. The number of phenolic OH excluding ortho intramolecular Hbond substituents is 1. The van der Waals surface area contributed by atoms with Crippen LogP contribution in [0.25, 0.3) is 0 Å². The Labute approximate surface area is 169 Å². The van der Waals surface area contributed by atoms with Gasteiger partial charge in [0.25, 0.3) is 5.91 Å². The molecule has 3 N–H and O–H groups in total. The van der Waals surface area contributed by atoms with E-state index in [9.17, 15) is 14.7 Å². The highest BCUT2D eigenvalue weighted by molar-refractivity contribution is 6.05. The van der Waals surface area contributed by atoms with Gasteiger partial charge in [0, 0.05) is 5.56 Å². The highest BCUT2D eigenvalue weighted by Gasteiger charge is 2.19. The summed E-state index contributed by atoms with van der Waals surface area (Å²) in [6, 6.07) is 7.30. The number of carboxylic acid groups (broad SMARTS) is 1. The molecule has 8 heteroatoms. The van der Waals surface area contributed by atoms with Crippen LogP contribution in [0.1, 0.15) is 36.7 Å². The minimum atomic E-state index is -1.01. The van der Waals surface area contributed by atoms with E-state index in [-0.39, 0.29) is 23.4 Å². The minimum Gasteiger partial charge on any atom is -0.506 e. The normalized spacial score (nSPS) is 10.3. The number of carboxylic acids is 1. The summed E-state index contributed by atoms with van der Waals surface area (Å²) in [5, 5.41) is 21.6. The summed E-state index contributed by atoms with van der Waals surface area (Å²) in [6.07, 6.45) is -0.227. The van der Waals surface area contributed by atoms with E-state index in [0.717, 1.165) is 0 Å². The molecule has 0 saturated heterocycles. The molecule has 0 aliphatic heterocycles. The minimum absolute atomic E-state index is 0.110. The molecule has 0 unspecified atom stereocenters. The molecule has 29 heavy (non-hydrogen) atoms. The fourth-order valence-corrected chi connectivity index (χ4v) is 2.68. The van der Waals surface area contributed by atoms with Gasteiger partial charge in [-0.15, -0.1) is 0 Å². The van der Waals surface area contributed by atoms with Crippen LogP contribution < -0.4 is 19.5 Å². The van der Waals surface area contributed by atoms with Gasteiger partial charge in [0.05, 0.1) is 31.9 Å². The Morgan fingerprint density at radius 1 is 0.931 bits per heavy atom. The number of phenols is 1. The molecule has 1 amide bonds. The first-order valence-corrected chi connectivity index (χ1v) is 9.31. The fraction of sp³-hybridized carbons (Fsp3) is 0.333. The Bertz CT molecular complexity index is 852. The first kappa shape index (κ1) is 21.9. The van der Waals surface area contributed by atoms with Crippen molar-refractivity contribution in [2.45, 2.75) is 27.2 Å². The molecule has 0 aliphatic rings. The van der Waals surface area contributed by atoms with E-state index in [1.165, 1.54) is 30.3 Å². The lowest BCUT2D eigenvalue weighted by Crippen LogP contribution is -2.14. The van der Waals surface area contributed by atoms with E-state index in [1.807, 2.05) is 20.8 Å². The average molecular weight is 403 g/mol. The van der Waals surface area contributed by atoms with Crippen LogP contribution in [0.3, 0.4) is 0 Å². The quantitative estimate of drug-likeness (QED) is 0.520. The lowest BCUT2D eigenvalue weighted by atomic mass is 10.1. The van der Waals surface area contributed by atoms with Crippen molar-refractivity contribution in [3.8, 4) is 23.0 Å². The predicted molar refractivity (Wildman–Crippen MR) is 107 cm³/mol. The van der Waals surface area contributed by atoms with Gasteiger partial charge in [-0.25, -0.2) is 0 Å². The number of rotatable bonds is 10. The summed E-state index contributed by atoms with van der Waals surface area (Å²) in [5.41, 5.74) is 0.796. The second-order valence-electron chi connectivity index (χ2n) is 5.98. The van der Waals surface area contributed by atoms with Crippen molar-refractivity contribution in [1.29, 1.82) is 0 Å². The Morgan fingerprint density at radius 3 is 2.03 bits per heavy atom. The van der Waals surface area contributed by atoms with Gasteiger partial charge < -0.3 is 29.7 Å². The molecule has 8 nitrogen and oxygen atoms in total. The Balaban J connectivity index is 2.38. The van der Waals surface area contributed by atoms with Crippen LogP contribution in [0.2, 0.25) is 0 Å². The summed E-state index contributed by atoms with van der Waals surface area (Å²) < 4.78 is 16.8. The third-order valence-corrected chi connectivity index (χ3v) is 3.84. The number of carbonyl (C=O) groups excluding carboxylic acids is 1. The largest absolute Gasteiger partial charge is 0.506 e. The lowest BCUT2D eigenvalue weighted by molar-refractivity contribution is -0.136. The molecule has 0 bridgehead atoms. The van der Waals surface area contributed by atoms with Crippen LogP contribution in [-0.4, -0.2) is 41.9 Å². The first-order chi connectivity index (χ1) is 13.9. The number of ether oxygens (including phenoxy) is 3. The molecule has 0 spiro atoms. The molecular formula is C21H25NO7. The predicted octanol–water partition coefficient (Wildman–Crippen LogP) is 3.47. The number of benzene rings is 2. The van der Waals surface area contributed by atoms with Gasteiger partial charge in [0.1, 0.15) is 5.75 Å². The molecule has 2 rings (SSSR count). The zero-order valence-electron chi connectivity index (χ0n) is 16.7. The Hall–Kier alpha value is -3.42. The molecule has 0 fully saturated rings. The smallest absolute Gasteiger partial charge is 0.307 e. The number of hydrogen-bond acceptors (Lipinski definition) is 6. The third kappa shape index (κ3) is 5.78. The van der Waals surface area contributed by atoms with Crippen LogP contribution in [0.15, 0.2) is 30.3 Å². The highest BCUT2D eigenvalue weighted by atomic mass is 16.5. The molecule has 2 aromatic rings. The Kier molecular flexibility index (Phi) is 7.70. The number of carbonyl (C=O) groups is 2. The van der Waals surface area contributed by atoms with E-state index in [1.54, 1.807) is 0 Å². The number of hydrogen-bond donors (Lipinski definition) is 3. The van der Waals surface area contributed by atoms with Crippen LogP contribution in [0.4, 0.5) is 5.69 Å².